The number of benzene rings is 1. The summed E-state index contributed by atoms with van der Waals surface area (Å²) in [5, 5.41) is 0. The highest BCUT2D eigenvalue weighted by Crippen LogP contribution is 2.30. The van der Waals surface area contributed by atoms with Gasteiger partial charge in [-0.2, -0.15) is 0 Å². The van der Waals surface area contributed by atoms with E-state index < -0.39 is 0 Å². The Labute approximate surface area is 115 Å². The molecular weight excluding hydrogens is 240 g/mol. The minimum atomic E-state index is -0.271. The van der Waals surface area contributed by atoms with Crippen LogP contribution >= 0.6 is 0 Å². The van der Waals surface area contributed by atoms with E-state index in [0.29, 0.717) is 13.2 Å². The normalized spacial score (nSPS) is 22.1. The topological polar surface area (TPSA) is 32.8 Å². The van der Waals surface area contributed by atoms with Crippen LogP contribution in [-0.4, -0.2) is 48.6 Å². The van der Waals surface area contributed by atoms with Crippen LogP contribution in [0.1, 0.15) is 25.5 Å². The molecule has 1 heterocycles. The highest BCUT2D eigenvalue weighted by Gasteiger charge is 2.39. The monoisotopic (exact) mass is 262 g/mol. The average Bonchev–Trinajstić information content (AvgIpc) is 2.38. The lowest BCUT2D eigenvalue weighted by molar-refractivity contribution is -0.0836. The van der Waals surface area contributed by atoms with Crippen LogP contribution in [0.15, 0.2) is 30.3 Å². The van der Waals surface area contributed by atoms with Gasteiger partial charge in [0.05, 0.1) is 18.7 Å². The molecule has 1 aliphatic rings. The lowest BCUT2D eigenvalue weighted by atomic mass is 9.98. The second kappa shape index (κ2) is 5.21. The van der Waals surface area contributed by atoms with Crippen molar-refractivity contribution in [3.63, 3.8) is 0 Å². The van der Waals surface area contributed by atoms with Crippen molar-refractivity contribution in [2.45, 2.75) is 25.5 Å². The minimum absolute atomic E-state index is 0.0363. The third-order valence-electron chi connectivity index (χ3n) is 3.50. The first-order valence-corrected chi connectivity index (χ1v) is 6.57. The van der Waals surface area contributed by atoms with Gasteiger partial charge >= 0.3 is 6.03 Å². The molecule has 0 aliphatic carbocycles. The number of nitrogens with zero attached hydrogens (tertiary/aromatic N) is 2. The van der Waals surface area contributed by atoms with Crippen molar-refractivity contribution in [3.05, 3.63) is 35.9 Å². The molecule has 0 bridgehead atoms. The van der Waals surface area contributed by atoms with E-state index in [0.717, 1.165) is 5.56 Å². The van der Waals surface area contributed by atoms with E-state index >= 15 is 0 Å². The molecule has 0 radical (unpaired) electrons. The van der Waals surface area contributed by atoms with Crippen LogP contribution in [-0.2, 0) is 4.74 Å². The van der Waals surface area contributed by atoms with Gasteiger partial charge in [0.25, 0.3) is 0 Å². The number of carbonyl (C=O) groups excluding carboxylic acids is 1. The minimum Gasteiger partial charge on any atom is -0.369 e. The third kappa shape index (κ3) is 2.89. The van der Waals surface area contributed by atoms with Crippen molar-refractivity contribution < 1.29 is 9.53 Å². The number of ether oxygens (including phenoxy) is 1. The molecule has 0 saturated carbocycles. The number of morpholine rings is 1. The smallest absolute Gasteiger partial charge is 0.320 e. The SMILES string of the molecule is CN(C)C(=O)N1CC(c2ccccc2)OCC1(C)C. The summed E-state index contributed by atoms with van der Waals surface area (Å²) in [7, 11) is 3.57. The van der Waals surface area contributed by atoms with Crippen molar-refractivity contribution >= 4 is 6.03 Å². The van der Waals surface area contributed by atoms with Crippen molar-refractivity contribution in [1.29, 1.82) is 0 Å². The van der Waals surface area contributed by atoms with E-state index in [2.05, 4.69) is 0 Å². The molecule has 0 spiro atoms. The highest BCUT2D eigenvalue weighted by atomic mass is 16.5. The van der Waals surface area contributed by atoms with E-state index in [1.807, 2.05) is 49.1 Å². The van der Waals surface area contributed by atoms with Crippen LogP contribution in [0, 0.1) is 0 Å². The van der Waals surface area contributed by atoms with Gasteiger partial charge in [0.2, 0.25) is 0 Å². The predicted octanol–water partition coefficient (Wildman–Crippen LogP) is 2.52. The van der Waals surface area contributed by atoms with Gasteiger partial charge in [-0.05, 0) is 19.4 Å². The van der Waals surface area contributed by atoms with E-state index in [-0.39, 0.29) is 17.7 Å². The molecular formula is C15H22N2O2. The maximum atomic E-state index is 12.3. The van der Waals surface area contributed by atoms with E-state index in [1.165, 1.54) is 0 Å². The Morgan fingerprint density at radius 1 is 1.32 bits per heavy atom. The standard InChI is InChI=1S/C15H22N2O2/c1-15(2)11-19-13(12-8-6-5-7-9-12)10-17(15)14(18)16(3)4/h5-9,13H,10-11H2,1-4H3. The molecule has 1 fully saturated rings. The predicted molar refractivity (Wildman–Crippen MR) is 75.0 cm³/mol. The van der Waals surface area contributed by atoms with Crippen LogP contribution in [0.2, 0.25) is 0 Å². The summed E-state index contributed by atoms with van der Waals surface area (Å²) in [5.41, 5.74) is 0.849. The second-order valence-electron chi connectivity index (χ2n) is 5.81. The number of hydrogen-bond acceptors (Lipinski definition) is 2. The number of rotatable bonds is 1. The van der Waals surface area contributed by atoms with Gasteiger partial charge in [0.15, 0.2) is 0 Å². The summed E-state index contributed by atoms with van der Waals surface area (Å²) in [6.45, 7) is 5.21. The summed E-state index contributed by atoms with van der Waals surface area (Å²) >= 11 is 0. The Kier molecular flexibility index (Phi) is 3.80. The van der Waals surface area contributed by atoms with Crippen LogP contribution in [0.4, 0.5) is 4.79 Å². The zero-order valence-corrected chi connectivity index (χ0v) is 12.1. The average molecular weight is 262 g/mol. The quantitative estimate of drug-likeness (QED) is 0.779. The molecule has 19 heavy (non-hydrogen) atoms. The van der Waals surface area contributed by atoms with Crippen LogP contribution in [0.3, 0.4) is 0 Å². The largest absolute Gasteiger partial charge is 0.369 e. The zero-order chi connectivity index (χ0) is 14.0. The van der Waals surface area contributed by atoms with Gasteiger partial charge in [0, 0.05) is 14.1 Å². The molecule has 2 rings (SSSR count). The fourth-order valence-electron chi connectivity index (χ4n) is 2.30. The molecule has 1 atom stereocenters. The Balaban J connectivity index is 2.19. The van der Waals surface area contributed by atoms with Crippen LogP contribution in [0.25, 0.3) is 0 Å². The zero-order valence-electron chi connectivity index (χ0n) is 12.1. The van der Waals surface area contributed by atoms with Gasteiger partial charge in [-0.1, -0.05) is 30.3 Å². The Hall–Kier alpha value is -1.55. The van der Waals surface area contributed by atoms with Crippen LogP contribution in [0.5, 0.6) is 0 Å². The van der Waals surface area contributed by atoms with Gasteiger partial charge in [0.1, 0.15) is 6.10 Å². The van der Waals surface area contributed by atoms with Crippen LogP contribution < -0.4 is 0 Å². The van der Waals surface area contributed by atoms with Gasteiger partial charge in [-0.15, -0.1) is 0 Å². The summed E-state index contributed by atoms with van der Waals surface area (Å²) < 4.78 is 5.93. The number of carbonyl (C=O) groups is 1. The van der Waals surface area contributed by atoms with Gasteiger partial charge < -0.3 is 14.5 Å². The third-order valence-corrected chi connectivity index (χ3v) is 3.50. The molecule has 1 unspecified atom stereocenters. The Morgan fingerprint density at radius 3 is 2.53 bits per heavy atom. The number of urea groups is 1. The molecule has 1 aromatic rings. The molecule has 0 N–H and O–H groups in total. The summed E-state index contributed by atoms with van der Waals surface area (Å²) in [4.78, 5) is 15.8. The molecule has 1 saturated heterocycles. The summed E-state index contributed by atoms with van der Waals surface area (Å²) in [6, 6.07) is 10.1. The molecule has 1 aromatic carbocycles. The Bertz CT molecular complexity index is 443. The second-order valence-corrected chi connectivity index (χ2v) is 5.81. The van der Waals surface area contributed by atoms with Crippen molar-refractivity contribution in [2.24, 2.45) is 0 Å². The Morgan fingerprint density at radius 2 is 1.95 bits per heavy atom. The fourth-order valence-corrected chi connectivity index (χ4v) is 2.30. The van der Waals surface area contributed by atoms with Gasteiger partial charge in [-0.3, -0.25) is 0 Å². The maximum absolute atomic E-state index is 12.3. The summed E-state index contributed by atoms with van der Waals surface area (Å²) in [5.74, 6) is 0. The fraction of sp³-hybridized carbons (Fsp3) is 0.533. The summed E-state index contributed by atoms with van der Waals surface area (Å²) in [6.07, 6.45) is -0.0434. The molecule has 104 valence electrons. The van der Waals surface area contributed by atoms with E-state index in [9.17, 15) is 4.79 Å². The molecule has 4 nitrogen and oxygen atoms in total. The van der Waals surface area contributed by atoms with E-state index in [1.54, 1.807) is 19.0 Å². The lowest BCUT2D eigenvalue weighted by Gasteiger charge is -2.46. The van der Waals surface area contributed by atoms with Crippen molar-refractivity contribution in [1.82, 2.24) is 9.80 Å². The van der Waals surface area contributed by atoms with Crippen molar-refractivity contribution in [3.8, 4) is 0 Å². The number of hydrogen-bond donors (Lipinski definition) is 0. The highest BCUT2D eigenvalue weighted by molar-refractivity contribution is 5.75. The first kappa shape index (κ1) is 13.9. The molecule has 1 aliphatic heterocycles. The molecule has 2 amide bonds. The first-order chi connectivity index (χ1) is 8.92. The molecule has 4 heteroatoms. The maximum Gasteiger partial charge on any atom is 0.320 e. The van der Waals surface area contributed by atoms with Crippen molar-refractivity contribution in [2.75, 3.05) is 27.2 Å². The van der Waals surface area contributed by atoms with Gasteiger partial charge in [-0.25, -0.2) is 4.79 Å². The first-order valence-electron chi connectivity index (χ1n) is 6.57. The van der Waals surface area contributed by atoms with E-state index in [4.69, 9.17) is 4.74 Å². The molecule has 0 aromatic heterocycles. The lowest BCUT2D eigenvalue weighted by Crippen LogP contribution is -2.58. The number of amides is 2.